The first kappa shape index (κ1) is 16.9. The van der Waals surface area contributed by atoms with Crippen molar-refractivity contribution in [2.45, 2.75) is 52.6 Å². The Hall–Kier alpha value is -1.58. The number of likely N-dealkylation sites (N-methyl/N-ethyl adjacent to an activating group) is 1. The summed E-state index contributed by atoms with van der Waals surface area (Å²) in [5, 5.41) is 1.47. The molecule has 3 heteroatoms. The van der Waals surface area contributed by atoms with E-state index in [1.54, 1.807) is 11.3 Å². The second kappa shape index (κ2) is 6.62. The molecule has 1 aliphatic rings. The molecule has 25 heavy (non-hydrogen) atoms. The van der Waals surface area contributed by atoms with Crippen LogP contribution in [0.2, 0.25) is 0 Å². The van der Waals surface area contributed by atoms with E-state index in [-0.39, 0.29) is 0 Å². The number of hydrogen-bond donors (Lipinski definition) is 0. The van der Waals surface area contributed by atoms with Crippen LogP contribution in [0.3, 0.4) is 0 Å². The van der Waals surface area contributed by atoms with E-state index in [2.05, 4.69) is 67.6 Å². The lowest BCUT2D eigenvalue weighted by atomic mass is 10.0. The minimum Gasteiger partial charge on any atom is -0.344 e. The second-order valence-corrected chi connectivity index (χ2v) is 8.99. The highest BCUT2D eigenvalue weighted by atomic mass is 32.1. The average molecular weight is 353 g/mol. The number of aromatic nitrogens is 1. The topological polar surface area (TPSA) is 8.17 Å². The van der Waals surface area contributed by atoms with Gasteiger partial charge in [-0.15, -0.1) is 11.3 Å². The van der Waals surface area contributed by atoms with Gasteiger partial charge in [0, 0.05) is 52.4 Å². The Morgan fingerprint density at radius 1 is 1.16 bits per heavy atom. The molecule has 0 atom stereocenters. The Morgan fingerprint density at radius 2 is 2.00 bits per heavy atom. The van der Waals surface area contributed by atoms with Crippen LogP contribution in [-0.4, -0.2) is 23.1 Å². The van der Waals surface area contributed by atoms with Crippen LogP contribution in [0.15, 0.2) is 30.3 Å². The van der Waals surface area contributed by atoms with Crippen molar-refractivity contribution in [2.75, 3.05) is 13.6 Å². The van der Waals surface area contributed by atoms with Gasteiger partial charge in [0.15, 0.2) is 0 Å². The van der Waals surface area contributed by atoms with E-state index in [1.807, 2.05) is 11.3 Å². The molecule has 0 N–H and O–H groups in total. The Morgan fingerprint density at radius 3 is 2.76 bits per heavy atom. The van der Waals surface area contributed by atoms with E-state index in [0.29, 0.717) is 5.92 Å². The fourth-order valence-corrected chi connectivity index (χ4v) is 5.02. The number of rotatable bonds is 4. The smallest absolute Gasteiger partial charge is 0.0486 e. The summed E-state index contributed by atoms with van der Waals surface area (Å²) in [6, 6.07) is 11.6. The molecule has 0 spiro atoms. The number of fused-ring (bicyclic) bond motifs is 3. The van der Waals surface area contributed by atoms with Gasteiger partial charge in [0.1, 0.15) is 0 Å². The molecule has 0 bridgehead atoms. The zero-order valence-electron chi connectivity index (χ0n) is 15.8. The van der Waals surface area contributed by atoms with Crippen LogP contribution in [0.5, 0.6) is 0 Å². The molecule has 0 aliphatic carbocycles. The standard InChI is InChI=1S/C22H28N2S/c1-15(2)22-8-6-17(25-22)9-12-24-20-7-5-16(3)13-18(20)19-14-23(4)11-10-21(19)24/h5-8,13,15H,9-12,14H2,1-4H3. The minimum absolute atomic E-state index is 0.637. The first-order valence-electron chi connectivity index (χ1n) is 9.40. The molecule has 3 heterocycles. The minimum atomic E-state index is 0.637. The van der Waals surface area contributed by atoms with Gasteiger partial charge in [0.25, 0.3) is 0 Å². The molecular formula is C22H28N2S. The lowest BCUT2D eigenvalue weighted by molar-refractivity contribution is 0.309. The highest BCUT2D eigenvalue weighted by Crippen LogP contribution is 2.32. The van der Waals surface area contributed by atoms with Crippen molar-refractivity contribution in [3.63, 3.8) is 0 Å². The van der Waals surface area contributed by atoms with E-state index in [4.69, 9.17) is 0 Å². The van der Waals surface area contributed by atoms with Gasteiger partial charge < -0.3 is 9.47 Å². The van der Waals surface area contributed by atoms with Crippen LogP contribution < -0.4 is 0 Å². The Bertz CT molecular complexity index is 900. The van der Waals surface area contributed by atoms with Crippen LogP contribution in [-0.2, 0) is 25.9 Å². The van der Waals surface area contributed by atoms with Gasteiger partial charge in [-0.1, -0.05) is 25.5 Å². The van der Waals surface area contributed by atoms with Crippen molar-refractivity contribution in [2.24, 2.45) is 0 Å². The van der Waals surface area contributed by atoms with Crippen LogP contribution >= 0.6 is 11.3 Å². The summed E-state index contributed by atoms with van der Waals surface area (Å²) in [7, 11) is 2.24. The molecule has 4 rings (SSSR count). The lowest BCUT2D eigenvalue weighted by Gasteiger charge is -2.24. The summed E-state index contributed by atoms with van der Waals surface area (Å²) in [5.41, 5.74) is 5.91. The molecule has 132 valence electrons. The molecule has 0 amide bonds. The summed E-state index contributed by atoms with van der Waals surface area (Å²) < 4.78 is 2.60. The monoisotopic (exact) mass is 352 g/mol. The quantitative estimate of drug-likeness (QED) is 0.613. The molecule has 0 saturated heterocycles. The SMILES string of the molecule is Cc1ccc2c(c1)c1c(n2CCc2ccc(C(C)C)s2)CCN(C)C1. The Kier molecular flexibility index (Phi) is 4.47. The van der Waals surface area contributed by atoms with Crippen LogP contribution in [0.4, 0.5) is 0 Å². The van der Waals surface area contributed by atoms with Crippen molar-refractivity contribution in [3.05, 3.63) is 56.9 Å². The van der Waals surface area contributed by atoms with E-state index in [0.717, 1.165) is 19.5 Å². The van der Waals surface area contributed by atoms with Gasteiger partial charge in [0.2, 0.25) is 0 Å². The highest BCUT2D eigenvalue weighted by Gasteiger charge is 2.22. The van der Waals surface area contributed by atoms with Crippen LogP contribution in [0.1, 0.15) is 46.3 Å². The molecule has 1 aromatic carbocycles. The second-order valence-electron chi connectivity index (χ2n) is 7.79. The van der Waals surface area contributed by atoms with E-state index < -0.39 is 0 Å². The normalized spacial score (nSPS) is 15.2. The molecule has 0 radical (unpaired) electrons. The van der Waals surface area contributed by atoms with Gasteiger partial charge in [-0.2, -0.15) is 0 Å². The summed E-state index contributed by atoms with van der Waals surface area (Å²) in [5.74, 6) is 0.637. The van der Waals surface area contributed by atoms with Crippen molar-refractivity contribution in [1.29, 1.82) is 0 Å². The molecule has 2 aromatic heterocycles. The summed E-state index contributed by atoms with van der Waals surface area (Å²) >= 11 is 1.99. The van der Waals surface area contributed by atoms with E-state index in [1.165, 1.54) is 39.2 Å². The molecule has 1 aliphatic heterocycles. The maximum Gasteiger partial charge on any atom is 0.0486 e. The van der Waals surface area contributed by atoms with Crippen LogP contribution in [0, 0.1) is 6.92 Å². The van der Waals surface area contributed by atoms with Crippen LogP contribution in [0.25, 0.3) is 10.9 Å². The number of hydrogen-bond acceptors (Lipinski definition) is 2. The first-order chi connectivity index (χ1) is 12.0. The van der Waals surface area contributed by atoms with E-state index >= 15 is 0 Å². The lowest BCUT2D eigenvalue weighted by Crippen LogP contribution is -2.27. The maximum atomic E-state index is 2.60. The Balaban J connectivity index is 1.69. The number of benzene rings is 1. The zero-order chi connectivity index (χ0) is 17.6. The molecule has 3 aromatic rings. The number of aryl methyl sites for hydroxylation is 3. The van der Waals surface area contributed by atoms with Crippen molar-refractivity contribution in [1.82, 2.24) is 9.47 Å². The van der Waals surface area contributed by atoms with Gasteiger partial charge in [-0.05, 0) is 56.1 Å². The van der Waals surface area contributed by atoms with Crippen molar-refractivity contribution in [3.8, 4) is 0 Å². The fraction of sp³-hybridized carbons (Fsp3) is 0.455. The predicted octanol–water partition coefficient (Wildman–Crippen LogP) is 5.37. The first-order valence-corrected chi connectivity index (χ1v) is 10.2. The zero-order valence-corrected chi connectivity index (χ0v) is 16.6. The molecule has 0 saturated carbocycles. The van der Waals surface area contributed by atoms with Gasteiger partial charge in [-0.3, -0.25) is 0 Å². The summed E-state index contributed by atoms with van der Waals surface area (Å²) in [6.45, 7) is 10.1. The largest absolute Gasteiger partial charge is 0.344 e. The third-order valence-corrected chi connectivity index (χ3v) is 6.88. The average Bonchev–Trinajstić information content (AvgIpc) is 3.16. The third kappa shape index (κ3) is 3.16. The van der Waals surface area contributed by atoms with Crippen molar-refractivity contribution >= 4 is 22.2 Å². The van der Waals surface area contributed by atoms with E-state index in [9.17, 15) is 0 Å². The van der Waals surface area contributed by atoms with Gasteiger partial charge in [0.05, 0.1) is 0 Å². The number of thiophene rings is 1. The molecular weight excluding hydrogens is 324 g/mol. The highest BCUT2D eigenvalue weighted by molar-refractivity contribution is 7.12. The fourth-order valence-electron chi connectivity index (χ4n) is 4.02. The maximum absolute atomic E-state index is 2.60. The summed E-state index contributed by atoms with van der Waals surface area (Å²) in [6.07, 6.45) is 2.30. The van der Waals surface area contributed by atoms with Gasteiger partial charge >= 0.3 is 0 Å². The third-order valence-electron chi connectivity index (χ3n) is 5.43. The number of nitrogens with zero attached hydrogens (tertiary/aromatic N) is 2. The molecule has 2 nitrogen and oxygen atoms in total. The van der Waals surface area contributed by atoms with Gasteiger partial charge in [-0.25, -0.2) is 0 Å². The van der Waals surface area contributed by atoms with Crippen molar-refractivity contribution < 1.29 is 0 Å². The molecule has 0 fully saturated rings. The Labute approximate surface area is 155 Å². The predicted molar refractivity (Wildman–Crippen MR) is 109 cm³/mol. The summed E-state index contributed by atoms with van der Waals surface area (Å²) in [4.78, 5) is 5.47. The molecule has 0 unspecified atom stereocenters.